The minimum Gasteiger partial charge on any atom is -0.508 e. The number of phenols is 1. The minimum atomic E-state index is -0.411. The van der Waals surface area contributed by atoms with Gasteiger partial charge >= 0.3 is 0 Å². The van der Waals surface area contributed by atoms with Crippen LogP contribution < -0.4 is 11.0 Å². The number of carbonyl (C=O) groups excluding carboxylic acids is 1. The summed E-state index contributed by atoms with van der Waals surface area (Å²) in [5, 5.41) is 13.2. The van der Waals surface area contributed by atoms with Crippen molar-refractivity contribution in [2.24, 2.45) is 12.1 Å². The van der Waals surface area contributed by atoms with Crippen molar-refractivity contribution in [3.8, 4) is 11.4 Å². The predicted molar refractivity (Wildman–Crippen MR) is 98.9 cm³/mol. The van der Waals surface area contributed by atoms with E-state index in [0.29, 0.717) is 16.8 Å². The SMILES string of the molecule is Cc1c(/C=N\NC(=O)c2ccc(O)cc2)n(C)n(-c2ccccc2)c1=O. The third kappa shape index (κ3) is 3.27. The van der Waals surface area contributed by atoms with E-state index in [1.807, 2.05) is 30.3 Å². The standard InChI is InChI=1S/C19H18N4O3/c1-13-17(12-20-21-18(25)14-8-10-16(24)11-9-14)22(2)23(19(13)26)15-6-4-3-5-7-15/h3-12,24H,1-2H3,(H,21,25)/b20-12-. The van der Waals surface area contributed by atoms with E-state index in [1.165, 1.54) is 30.5 Å². The Kier molecular flexibility index (Phi) is 4.70. The maximum absolute atomic E-state index is 12.5. The molecule has 0 aliphatic rings. The van der Waals surface area contributed by atoms with E-state index in [4.69, 9.17) is 0 Å². The summed E-state index contributed by atoms with van der Waals surface area (Å²) in [5.41, 5.74) is 4.49. The molecule has 0 atom stereocenters. The van der Waals surface area contributed by atoms with E-state index in [-0.39, 0.29) is 11.3 Å². The highest BCUT2D eigenvalue weighted by molar-refractivity contribution is 5.94. The van der Waals surface area contributed by atoms with Gasteiger partial charge in [-0.1, -0.05) is 18.2 Å². The van der Waals surface area contributed by atoms with Crippen molar-refractivity contribution in [2.45, 2.75) is 6.92 Å². The van der Waals surface area contributed by atoms with Gasteiger partial charge in [0.05, 0.1) is 17.6 Å². The smallest absolute Gasteiger partial charge is 0.274 e. The monoisotopic (exact) mass is 350 g/mol. The maximum atomic E-state index is 12.5. The van der Waals surface area contributed by atoms with Gasteiger partial charge in [-0.3, -0.25) is 14.3 Å². The lowest BCUT2D eigenvalue weighted by Crippen LogP contribution is -2.20. The lowest BCUT2D eigenvalue weighted by atomic mass is 10.2. The summed E-state index contributed by atoms with van der Waals surface area (Å²) in [7, 11) is 1.75. The van der Waals surface area contributed by atoms with Crippen molar-refractivity contribution < 1.29 is 9.90 Å². The Morgan fingerprint density at radius 2 is 1.77 bits per heavy atom. The predicted octanol–water partition coefficient (Wildman–Crippen LogP) is 1.95. The van der Waals surface area contributed by atoms with Gasteiger partial charge in [0.1, 0.15) is 5.75 Å². The number of nitrogens with zero attached hydrogens (tertiary/aromatic N) is 3. The van der Waals surface area contributed by atoms with E-state index in [9.17, 15) is 14.7 Å². The number of benzene rings is 2. The van der Waals surface area contributed by atoms with Crippen LogP contribution in [0.1, 0.15) is 21.6 Å². The number of carbonyl (C=O) groups is 1. The molecule has 0 saturated heterocycles. The molecule has 1 aromatic heterocycles. The summed E-state index contributed by atoms with van der Waals surface area (Å²) < 4.78 is 3.22. The quantitative estimate of drug-likeness (QED) is 0.557. The fourth-order valence-corrected chi connectivity index (χ4v) is 2.62. The van der Waals surface area contributed by atoms with Gasteiger partial charge in [0, 0.05) is 18.2 Å². The number of phenolic OH excluding ortho intramolecular Hbond substituents is 1. The first kappa shape index (κ1) is 17.2. The average molecular weight is 350 g/mol. The van der Waals surface area contributed by atoms with Crippen LogP contribution in [0.15, 0.2) is 64.5 Å². The molecule has 2 N–H and O–H groups in total. The zero-order valence-electron chi connectivity index (χ0n) is 14.4. The van der Waals surface area contributed by atoms with Gasteiger partial charge in [-0.15, -0.1) is 0 Å². The molecule has 0 aliphatic carbocycles. The summed E-state index contributed by atoms with van der Waals surface area (Å²) in [4.78, 5) is 24.6. The highest BCUT2D eigenvalue weighted by atomic mass is 16.3. The zero-order chi connectivity index (χ0) is 18.7. The number of para-hydroxylation sites is 1. The largest absolute Gasteiger partial charge is 0.508 e. The number of aromatic nitrogens is 2. The molecule has 0 bridgehead atoms. The number of aromatic hydroxyl groups is 1. The molecular weight excluding hydrogens is 332 g/mol. The van der Waals surface area contributed by atoms with Gasteiger partial charge in [0.15, 0.2) is 0 Å². The first-order valence-corrected chi connectivity index (χ1v) is 7.95. The van der Waals surface area contributed by atoms with Gasteiger partial charge < -0.3 is 5.11 Å². The normalized spacial score (nSPS) is 11.0. The second-order valence-electron chi connectivity index (χ2n) is 5.73. The molecule has 2 aromatic carbocycles. The van der Waals surface area contributed by atoms with Crippen LogP contribution in [0.4, 0.5) is 0 Å². The Hall–Kier alpha value is -3.61. The Bertz CT molecular complexity index is 1020. The van der Waals surface area contributed by atoms with Gasteiger partial charge in [0.25, 0.3) is 11.5 Å². The molecule has 7 nitrogen and oxygen atoms in total. The third-order valence-electron chi connectivity index (χ3n) is 4.03. The van der Waals surface area contributed by atoms with Gasteiger partial charge in [-0.05, 0) is 43.3 Å². The second kappa shape index (κ2) is 7.10. The zero-order valence-corrected chi connectivity index (χ0v) is 14.4. The topological polar surface area (TPSA) is 88.6 Å². The molecule has 0 fully saturated rings. The van der Waals surface area contributed by atoms with Crippen molar-refractivity contribution in [2.75, 3.05) is 0 Å². The molecule has 0 aliphatic heterocycles. The van der Waals surface area contributed by atoms with Crippen molar-refractivity contribution in [1.82, 2.24) is 14.8 Å². The van der Waals surface area contributed by atoms with Crippen LogP contribution in [0.25, 0.3) is 5.69 Å². The average Bonchev–Trinajstić information content (AvgIpc) is 2.86. The first-order chi connectivity index (χ1) is 12.5. The fourth-order valence-electron chi connectivity index (χ4n) is 2.62. The van der Waals surface area contributed by atoms with Crippen LogP contribution in [0.2, 0.25) is 0 Å². The van der Waals surface area contributed by atoms with Crippen LogP contribution in [-0.2, 0) is 7.05 Å². The molecule has 1 amide bonds. The van der Waals surface area contributed by atoms with Crippen molar-refractivity contribution in [3.05, 3.63) is 81.8 Å². The number of amides is 1. The van der Waals surface area contributed by atoms with Crippen molar-refractivity contribution in [1.29, 1.82) is 0 Å². The molecule has 0 spiro atoms. The summed E-state index contributed by atoms with van der Waals surface area (Å²) >= 11 is 0. The number of hydrazone groups is 1. The second-order valence-corrected chi connectivity index (χ2v) is 5.73. The Balaban J connectivity index is 1.84. The summed E-state index contributed by atoms with van der Waals surface area (Å²) in [5.74, 6) is -0.329. The van der Waals surface area contributed by atoms with E-state index in [2.05, 4.69) is 10.5 Å². The number of nitrogens with one attached hydrogen (secondary N) is 1. The summed E-state index contributed by atoms with van der Waals surface area (Å²) in [6, 6.07) is 15.1. The van der Waals surface area contributed by atoms with E-state index in [1.54, 1.807) is 23.3 Å². The van der Waals surface area contributed by atoms with Gasteiger partial charge in [-0.25, -0.2) is 10.1 Å². The van der Waals surface area contributed by atoms with Crippen molar-refractivity contribution in [3.63, 3.8) is 0 Å². The molecule has 132 valence electrons. The molecule has 0 radical (unpaired) electrons. The number of rotatable bonds is 4. The number of hydrogen-bond donors (Lipinski definition) is 2. The first-order valence-electron chi connectivity index (χ1n) is 7.95. The molecule has 3 rings (SSSR count). The molecule has 3 aromatic rings. The highest BCUT2D eigenvalue weighted by Crippen LogP contribution is 2.10. The van der Waals surface area contributed by atoms with Crippen molar-refractivity contribution >= 4 is 12.1 Å². The van der Waals surface area contributed by atoms with Crippen LogP contribution in [-0.4, -0.2) is 26.6 Å². The Morgan fingerprint density at radius 3 is 2.42 bits per heavy atom. The lowest BCUT2D eigenvalue weighted by molar-refractivity contribution is 0.0955. The van der Waals surface area contributed by atoms with Gasteiger partial charge in [0.2, 0.25) is 0 Å². The maximum Gasteiger partial charge on any atom is 0.274 e. The van der Waals surface area contributed by atoms with Crippen LogP contribution in [0, 0.1) is 6.92 Å². The van der Waals surface area contributed by atoms with Crippen LogP contribution >= 0.6 is 0 Å². The molecule has 7 heteroatoms. The van der Waals surface area contributed by atoms with E-state index >= 15 is 0 Å². The van der Waals surface area contributed by atoms with E-state index in [0.717, 1.165) is 5.69 Å². The number of hydrogen-bond acceptors (Lipinski definition) is 4. The molecule has 0 saturated carbocycles. The Morgan fingerprint density at radius 1 is 1.12 bits per heavy atom. The summed E-state index contributed by atoms with van der Waals surface area (Å²) in [6.07, 6.45) is 1.44. The molecule has 26 heavy (non-hydrogen) atoms. The molecular formula is C19H18N4O3. The Labute approximate surface area is 149 Å². The fraction of sp³-hybridized carbons (Fsp3) is 0.105. The summed E-state index contributed by atoms with van der Waals surface area (Å²) in [6.45, 7) is 1.71. The van der Waals surface area contributed by atoms with Crippen LogP contribution in [0.3, 0.4) is 0 Å². The lowest BCUT2D eigenvalue weighted by Gasteiger charge is -2.08. The third-order valence-corrected chi connectivity index (χ3v) is 4.03. The van der Waals surface area contributed by atoms with Crippen LogP contribution in [0.5, 0.6) is 5.75 Å². The van der Waals surface area contributed by atoms with Gasteiger partial charge in [-0.2, -0.15) is 5.10 Å². The molecule has 0 unspecified atom stereocenters. The molecule has 1 heterocycles. The highest BCUT2D eigenvalue weighted by Gasteiger charge is 2.14. The minimum absolute atomic E-state index is 0.0814. The van der Waals surface area contributed by atoms with E-state index < -0.39 is 5.91 Å².